The third-order valence-electron chi connectivity index (χ3n) is 3.07. The summed E-state index contributed by atoms with van der Waals surface area (Å²) in [5, 5.41) is 3.54. The normalized spacial score (nSPS) is 11.1. The van der Waals surface area contributed by atoms with Gasteiger partial charge in [-0.3, -0.25) is 4.79 Å². The van der Waals surface area contributed by atoms with Crippen LogP contribution in [0.1, 0.15) is 10.6 Å². The van der Waals surface area contributed by atoms with Crippen molar-refractivity contribution in [2.45, 2.75) is 6.54 Å². The van der Waals surface area contributed by atoms with Gasteiger partial charge in [0.1, 0.15) is 10.8 Å². The van der Waals surface area contributed by atoms with Gasteiger partial charge in [-0.15, -0.1) is 11.3 Å². The molecule has 0 saturated heterocycles. The number of aromatic nitrogens is 1. The van der Waals surface area contributed by atoms with Crippen LogP contribution in [0, 0.1) is 5.82 Å². The number of halogens is 1. The van der Waals surface area contributed by atoms with Crippen LogP contribution in [0.2, 0.25) is 0 Å². The molecule has 3 aromatic rings. The Morgan fingerprint density at radius 3 is 2.73 bits per heavy atom. The van der Waals surface area contributed by atoms with E-state index in [1.165, 1.54) is 29.5 Å². The number of nitrogens with zero attached hydrogens (tertiary/aromatic N) is 1. The Bertz CT molecular complexity index is 791. The molecule has 0 unspecified atom stereocenters. The van der Waals surface area contributed by atoms with E-state index >= 15 is 0 Å². The summed E-state index contributed by atoms with van der Waals surface area (Å²) in [5.41, 5.74) is 1.78. The van der Waals surface area contributed by atoms with Gasteiger partial charge in [-0.25, -0.2) is 9.37 Å². The number of nitrogens with one attached hydrogen (secondary N) is 1. The summed E-state index contributed by atoms with van der Waals surface area (Å²) >= 11 is 1.54. The zero-order chi connectivity index (χ0) is 15.4. The van der Waals surface area contributed by atoms with Gasteiger partial charge in [-0.2, -0.15) is 0 Å². The molecule has 0 aliphatic heterocycles. The number of carbonyl (C=O) groups excluding carboxylic acids is 1. The van der Waals surface area contributed by atoms with E-state index in [4.69, 9.17) is 0 Å². The first kappa shape index (κ1) is 14.4. The van der Waals surface area contributed by atoms with E-state index < -0.39 is 0 Å². The number of carbonyl (C=O) groups is 1. The largest absolute Gasteiger partial charge is 0.348 e. The molecule has 0 saturated carbocycles. The molecule has 0 radical (unpaired) electrons. The molecular formula is C17H13FN2OS. The minimum Gasteiger partial charge on any atom is -0.348 e. The Hall–Kier alpha value is -2.53. The van der Waals surface area contributed by atoms with Gasteiger partial charge in [-0.1, -0.05) is 24.3 Å². The van der Waals surface area contributed by atoms with Crippen LogP contribution in [-0.4, -0.2) is 10.9 Å². The highest BCUT2D eigenvalue weighted by Gasteiger charge is 2.01. The van der Waals surface area contributed by atoms with Crippen LogP contribution in [-0.2, 0) is 11.3 Å². The molecule has 0 spiro atoms. The molecule has 3 rings (SSSR count). The molecular weight excluding hydrogens is 299 g/mol. The van der Waals surface area contributed by atoms with Gasteiger partial charge in [-0.05, 0) is 35.9 Å². The van der Waals surface area contributed by atoms with Gasteiger partial charge >= 0.3 is 0 Å². The lowest BCUT2D eigenvalue weighted by atomic mass is 10.2. The highest BCUT2D eigenvalue weighted by molar-refractivity contribution is 7.19. The fourth-order valence-corrected chi connectivity index (χ4v) is 2.83. The summed E-state index contributed by atoms with van der Waals surface area (Å²) in [6.07, 6.45) is 3.16. The number of fused-ring (bicyclic) bond motifs is 1. The number of hydrogen-bond donors (Lipinski definition) is 1. The number of para-hydroxylation sites is 1. The maximum Gasteiger partial charge on any atom is 0.244 e. The number of benzene rings is 2. The first-order chi connectivity index (χ1) is 10.7. The van der Waals surface area contributed by atoms with Crippen LogP contribution in [0.4, 0.5) is 4.39 Å². The van der Waals surface area contributed by atoms with Gasteiger partial charge in [0, 0.05) is 12.6 Å². The van der Waals surface area contributed by atoms with Gasteiger partial charge < -0.3 is 5.32 Å². The van der Waals surface area contributed by atoms with Crippen molar-refractivity contribution in [2.24, 2.45) is 0 Å². The third kappa shape index (κ3) is 3.56. The molecule has 2 aromatic carbocycles. The molecule has 0 aliphatic carbocycles. The zero-order valence-electron chi connectivity index (χ0n) is 11.6. The lowest BCUT2D eigenvalue weighted by Gasteiger charge is -2.01. The van der Waals surface area contributed by atoms with Crippen LogP contribution >= 0.6 is 11.3 Å². The average Bonchev–Trinajstić information content (AvgIpc) is 2.95. The van der Waals surface area contributed by atoms with E-state index in [2.05, 4.69) is 10.3 Å². The molecule has 5 heteroatoms. The number of hydrogen-bond acceptors (Lipinski definition) is 3. The van der Waals surface area contributed by atoms with Gasteiger partial charge in [0.2, 0.25) is 5.91 Å². The highest BCUT2D eigenvalue weighted by atomic mass is 32.1. The second kappa shape index (κ2) is 6.49. The number of thiazole rings is 1. The Morgan fingerprint density at radius 2 is 1.95 bits per heavy atom. The fourth-order valence-electron chi connectivity index (χ4n) is 1.96. The Morgan fingerprint density at radius 1 is 1.18 bits per heavy atom. The molecule has 1 N–H and O–H groups in total. The van der Waals surface area contributed by atoms with Gasteiger partial charge in [0.15, 0.2) is 0 Å². The van der Waals surface area contributed by atoms with Crippen molar-refractivity contribution in [2.75, 3.05) is 0 Å². The summed E-state index contributed by atoms with van der Waals surface area (Å²) < 4.78 is 13.9. The standard InChI is InChI=1S/C17H13FN2OS/c18-13-7-5-12(6-8-13)11-19-16(21)9-10-17-20-14-3-1-2-4-15(14)22-17/h1-10H,11H2,(H,19,21)/b10-9+. The van der Waals surface area contributed by atoms with E-state index in [-0.39, 0.29) is 11.7 Å². The Balaban J connectivity index is 1.59. The maximum absolute atomic E-state index is 12.8. The number of rotatable bonds is 4. The molecule has 3 nitrogen and oxygen atoms in total. The molecule has 0 aliphatic rings. The highest BCUT2D eigenvalue weighted by Crippen LogP contribution is 2.22. The van der Waals surface area contributed by atoms with E-state index in [1.54, 1.807) is 18.2 Å². The van der Waals surface area contributed by atoms with E-state index in [0.717, 1.165) is 20.8 Å². The molecule has 0 bridgehead atoms. The van der Waals surface area contributed by atoms with Crippen LogP contribution in [0.3, 0.4) is 0 Å². The summed E-state index contributed by atoms with van der Waals surface area (Å²) in [6.45, 7) is 0.364. The quantitative estimate of drug-likeness (QED) is 0.745. The Labute approximate surface area is 131 Å². The topological polar surface area (TPSA) is 42.0 Å². The third-order valence-corrected chi connectivity index (χ3v) is 4.07. The van der Waals surface area contributed by atoms with Crippen LogP contribution in [0.5, 0.6) is 0 Å². The van der Waals surface area contributed by atoms with E-state index in [9.17, 15) is 9.18 Å². The molecule has 0 fully saturated rings. The fraction of sp³-hybridized carbons (Fsp3) is 0.0588. The minimum atomic E-state index is -0.286. The lowest BCUT2D eigenvalue weighted by Crippen LogP contribution is -2.20. The van der Waals surface area contributed by atoms with Crippen molar-refractivity contribution in [1.82, 2.24) is 10.3 Å². The summed E-state index contributed by atoms with van der Waals surface area (Å²) in [5.74, 6) is -0.491. The van der Waals surface area contributed by atoms with Crippen molar-refractivity contribution in [3.63, 3.8) is 0 Å². The summed E-state index contributed by atoms with van der Waals surface area (Å²) in [6, 6.07) is 13.9. The molecule has 22 heavy (non-hydrogen) atoms. The number of amides is 1. The molecule has 0 atom stereocenters. The van der Waals surface area contributed by atoms with Gasteiger partial charge in [0.05, 0.1) is 10.2 Å². The first-order valence-electron chi connectivity index (χ1n) is 6.77. The van der Waals surface area contributed by atoms with Gasteiger partial charge in [0.25, 0.3) is 0 Å². The maximum atomic E-state index is 12.8. The molecule has 110 valence electrons. The average molecular weight is 312 g/mol. The SMILES string of the molecule is O=C(/C=C/c1nc2ccccc2s1)NCc1ccc(F)cc1. The van der Waals surface area contributed by atoms with Crippen LogP contribution < -0.4 is 5.32 Å². The molecule has 1 amide bonds. The molecule has 1 aromatic heterocycles. The van der Waals surface area contributed by atoms with E-state index in [1.807, 2.05) is 24.3 Å². The van der Waals surface area contributed by atoms with Crippen molar-refractivity contribution in [3.8, 4) is 0 Å². The summed E-state index contributed by atoms with van der Waals surface area (Å²) in [4.78, 5) is 16.2. The van der Waals surface area contributed by atoms with Crippen LogP contribution in [0.15, 0.2) is 54.6 Å². The zero-order valence-corrected chi connectivity index (χ0v) is 12.4. The van der Waals surface area contributed by atoms with Crippen molar-refractivity contribution >= 4 is 33.5 Å². The van der Waals surface area contributed by atoms with Crippen molar-refractivity contribution in [1.29, 1.82) is 0 Å². The van der Waals surface area contributed by atoms with Crippen molar-refractivity contribution < 1.29 is 9.18 Å². The second-order valence-electron chi connectivity index (χ2n) is 4.70. The first-order valence-corrected chi connectivity index (χ1v) is 7.58. The predicted octanol–water partition coefficient (Wildman–Crippen LogP) is 3.77. The smallest absolute Gasteiger partial charge is 0.244 e. The minimum absolute atomic E-state index is 0.205. The Kier molecular flexibility index (Phi) is 4.25. The van der Waals surface area contributed by atoms with Crippen LogP contribution in [0.25, 0.3) is 16.3 Å². The monoisotopic (exact) mass is 312 g/mol. The summed E-state index contributed by atoms with van der Waals surface area (Å²) in [7, 11) is 0. The predicted molar refractivity (Wildman–Crippen MR) is 86.9 cm³/mol. The van der Waals surface area contributed by atoms with E-state index in [0.29, 0.717) is 6.54 Å². The van der Waals surface area contributed by atoms with Crippen molar-refractivity contribution in [3.05, 3.63) is 71.0 Å². The lowest BCUT2D eigenvalue weighted by molar-refractivity contribution is -0.116. The molecule has 1 heterocycles. The second-order valence-corrected chi connectivity index (χ2v) is 5.76.